The summed E-state index contributed by atoms with van der Waals surface area (Å²) in [7, 11) is 0. The third-order valence-corrected chi connectivity index (χ3v) is 1.93. The van der Waals surface area contributed by atoms with Crippen molar-refractivity contribution in [2.45, 2.75) is 6.61 Å². The molecule has 0 unspecified atom stereocenters. The molecule has 0 atom stereocenters. The van der Waals surface area contributed by atoms with Gasteiger partial charge in [0.2, 0.25) is 0 Å². The van der Waals surface area contributed by atoms with Crippen LogP contribution in [-0.4, -0.2) is 15.1 Å². The van der Waals surface area contributed by atoms with Crippen molar-refractivity contribution in [2.24, 2.45) is 0 Å². The summed E-state index contributed by atoms with van der Waals surface area (Å²) in [5.74, 6) is 1.78. The van der Waals surface area contributed by atoms with Crippen molar-refractivity contribution in [1.82, 2.24) is 9.97 Å². The molecule has 0 aliphatic carbocycles. The van der Waals surface area contributed by atoms with Gasteiger partial charge in [0.15, 0.2) is 5.82 Å². The van der Waals surface area contributed by atoms with E-state index in [1.165, 1.54) is 0 Å². The Morgan fingerprint density at radius 1 is 1.19 bits per heavy atom. The molecule has 0 aliphatic heterocycles. The van der Waals surface area contributed by atoms with E-state index in [2.05, 4.69) is 9.97 Å². The lowest BCUT2D eigenvalue weighted by molar-refractivity contribution is 0.295. The summed E-state index contributed by atoms with van der Waals surface area (Å²) >= 11 is 0. The van der Waals surface area contributed by atoms with Crippen LogP contribution in [-0.2, 0) is 6.61 Å². The van der Waals surface area contributed by atoms with E-state index in [0.29, 0.717) is 17.4 Å². The minimum Gasteiger partial charge on any atom is -0.508 e. The zero-order valence-electron chi connectivity index (χ0n) is 8.50. The Balaban J connectivity index is 1.99. The molecule has 2 rings (SSSR count). The molecule has 1 aromatic heterocycles. The predicted molar refractivity (Wildman–Crippen MR) is 58.9 cm³/mol. The molecule has 5 heteroatoms. The third kappa shape index (κ3) is 2.60. The van der Waals surface area contributed by atoms with Gasteiger partial charge < -0.3 is 15.6 Å². The zero-order chi connectivity index (χ0) is 11.4. The minimum atomic E-state index is 0.201. The second-order valence-corrected chi connectivity index (χ2v) is 3.18. The van der Waals surface area contributed by atoms with Gasteiger partial charge in [-0.25, -0.2) is 9.97 Å². The number of nitrogens with two attached hydrogens (primary N) is 1. The van der Waals surface area contributed by atoms with Crippen LogP contribution >= 0.6 is 0 Å². The van der Waals surface area contributed by atoms with Crippen molar-refractivity contribution in [2.75, 3.05) is 5.73 Å². The molecule has 0 amide bonds. The summed E-state index contributed by atoms with van der Waals surface area (Å²) in [6.45, 7) is 0.246. The molecule has 3 N–H and O–H groups in total. The summed E-state index contributed by atoms with van der Waals surface area (Å²) in [6, 6.07) is 8.05. The average molecular weight is 217 g/mol. The topological polar surface area (TPSA) is 81.3 Å². The van der Waals surface area contributed by atoms with Gasteiger partial charge in [-0.15, -0.1) is 0 Å². The van der Waals surface area contributed by atoms with Crippen LogP contribution in [0, 0.1) is 0 Å². The molecule has 0 saturated carbocycles. The molecule has 1 heterocycles. The first-order valence-electron chi connectivity index (χ1n) is 4.73. The van der Waals surface area contributed by atoms with Crippen LogP contribution < -0.4 is 10.5 Å². The Morgan fingerprint density at radius 3 is 2.62 bits per heavy atom. The van der Waals surface area contributed by atoms with Gasteiger partial charge in [0.1, 0.15) is 23.9 Å². The number of aromatic nitrogens is 2. The normalized spacial score (nSPS) is 10.0. The van der Waals surface area contributed by atoms with E-state index in [1.54, 1.807) is 36.5 Å². The molecule has 82 valence electrons. The first-order valence-corrected chi connectivity index (χ1v) is 4.73. The summed E-state index contributed by atoms with van der Waals surface area (Å²) in [5, 5.41) is 9.08. The molecule has 0 aliphatic rings. The maximum atomic E-state index is 9.08. The number of hydrogen-bond acceptors (Lipinski definition) is 5. The van der Waals surface area contributed by atoms with Gasteiger partial charge in [-0.3, -0.25) is 0 Å². The van der Waals surface area contributed by atoms with Crippen molar-refractivity contribution in [3.8, 4) is 11.5 Å². The second kappa shape index (κ2) is 4.48. The molecular formula is C11H11N3O2. The highest BCUT2D eigenvalue weighted by atomic mass is 16.5. The second-order valence-electron chi connectivity index (χ2n) is 3.18. The van der Waals surface area contributed by atoms with Gasteiger partial charge in [0, 0.05) is 6.20 Å². The van der Waals surface area contributed by atoms with Crippen LogP contribution in [0.5, 0.6) is 11.5 Å². The molecule has 0 bridgehead atoms. The standard InChI is InChI=1S/C11H11N3O2/c12-10-5-6-13-11(14-10)7-16-9-3-1-8(15)2-4-9/h1-6,15H,7H2,(H2,12,13,14). The largest absolute Gasteiger partial charge is 0.508 e. The number of rotatable bonds is 3. The molecule has 0 fully saturated rings. The monoisotopic (exact) mass is 217 g/mol. The van der Waals surface area contributed by atoms with Gasteiger partial charge in [-0.1, -0.05) is 0 Å². The lowest BCUT2D eigenvalue weighted by Gasteiger charge is -2.05. The Hall–Kier alpha value is -2.30. The highest BCUT2D eigenvalue weighted by Gasteiger charge is 1.99. The number of aromatic hydroxyl groups is 1. The molecule has 0 radical (unpaired) electrons. The maximum absolute atomic E-state index is 9.08. The van der Waals surface area contributed by atoms with Gasteiger partial charge in [0.25, 0.3) is 0 Å². The summed E-state index contributed by atoms with van der Waals surface area (Å²) in [5.41, 5.74) is 5.51. The number of hydrogen-bond donors (Lipinski definition) is 2. The van der Waals surface area contributed by atoms with Crippen LogP contribution in [0.1, 0.15) is 5.82 Å². The molecule has 1 aromatic carbocycles. The SMILES string of the molecule is Nc1ccnc(COc2ccc(O)cc2)n1. The summed E-state index contributed by atoms with van der Waals surface area (Å²) in [6.07, 6.45) is 1.58. The molecule has 16 heavy (non-hydrogen) atoms. The molecule has 2 aromatic rings. The Bertz CT molecular complexity index is 471. The van der Waals surface area contributed by atoms with E-state index in [-0.39, 0.29) is 12.4 Å². The number of nitrogen functional groups attached to an aromatic ring is 1. The van der Waals surface area contributed by atoms with Crippen LogP contribution in [0.3, 0.4) is 0 Å². The van der Waals surface area contributed by atoms with E-state index in [0.717, 1.165) is 0 Å². The fourth-order valence-corrected chi connectivity index (χ4v) is 1.17. The number of phenolic OH excluding ortho intramolecular Hbond substituents is 1. The Kier molecular flexibility index (Phi) is 2.86. The van der Waals surface area contributed by atoms with Crippen molar-refractivity contribution in [3.63, 3.8) is 0 Å². The molecule has 5 nitrogen and oxygen atoms in total. The van der Waals surface area contributed by atoms with E-state index in [9.17, 15) is 0 Å². The smallest absolute Gasteiger partial charge is 0.168 e. The fourth-order valence-electron chi connectivity index (χ4n) is 1.17. The average Bonchev–Trinajstić information content (AvgIpc) is 2.28. The van der Waals surface area contributed by atoms with E-state index >= 15 is 0 Å². The predicted octanol–water partition coefficient (Wildman–Crippen LogP) is 1.34. The van der Waals surface area contributed by atoms with Crippen LogP contribution in [0.15, 0.2) is 36.5 Å². The van der Waals surface area contributed by atoms with Gasteiger partial charge in [-0.05, 0) is 30.3 Å². The molecule has 0 saturated heterocycles. The van der Waals surface area contributed by atoms with Crippen LogP contribution in [0.25, 0.3) is 0 Å². The minimum absolute atomic E-state index is 0.201. The fraction of sp³-hybridized carbons (Fsp3) is 0.0909. The first-order chi connectivity index (χ1) is 7.74. The molecular weight excluding hydrogens is 206 g/mol. The number of phenols is 1. The summed E-state index contributed by atoms with van der Waals surface area (Å²) in [4.78, 5) is 8.00. The van der Waals surface area contributed by atoms with Crippen molar-refractivity contribution in [3.05, 3.63) is 42.4 Å². The lowest BCUT2D eigenvalue weighted by Crippen LogP contribution is -2.03. The van der Waals surface area contributed by atoms with Gasteiger partial charge in [0.05, 0.1) is 0 Å². The van der Waals surface area contributed by atoms with E-state index in [4.69, 9.17) is 15.6 Å². The van der Waals surface area contributed by atoms with Crippen molar-refractivity contribution < 1.29 is 9.84 Å². The van der Waals surface area contributed by atoms with Gasteiger partial charge >= 0.3 is 0 Å². The zero-order valence-corrected chi connectivity index (χ0v) is 8.50. The van der Waals surface area contributed by atoms with E-state index < -0.39 is 0 Å². The van der Waals surface area contributed by atoms with Gasteiger partial charge in [-0.2, -0.15) is 0 Å². The van der Waals surface area contributed by atoms with Crippen molar-refractivity contribution in [1.29, 1.82) is 0 Å². The number of nitrogens with zero attached hydrogens (tertiary/aromatic N) is 2. The lowest BCUT2D eigenvalue weighted by atomic mass is 10.3. The Labute approximate surface area is 92.5 Å². The summed E-state index contributed by atoms with van der Waals surface area (Å²) < 4.78 is 5.41. The van der Waals surface area contributed by atoms with Crippen molar-refractivity contribution >= 4 is 5.82 Å². The quantitative estimate of drug-likeness (QED) is 0.810. The van der Waals surface area contributed by atoms with Crippen LogP contribution in [0.2, 0.25) is 0 Å². The first kappa shape index (κ1) is 10.2. The highest BCUT2D eigenvalue weighted by molar-refractivity contribution is 5.30. The third-order valence-electron chi connectivity index (χ3n) is 1.93. The molecule has 0 spiro atoms. The Morgan fingerprint density at radius 2 is 1.94 bits per heavy atom. The highest BCUT2D eigenvalue weighted by Crippen LogP contribution is 2.16. The number of ether oxygens (including phenoxy) is 1. The maximum Gasteiger partial charge on any atom is 0.168 e. The van der Waals surface area contributed by atoms with E-state index in [1.807, 2.05) is 0 Å². The number of anilines is 1. The van der Waals surface area contributed by atoms with Crippen LogP contribution in [0.4, 0.5) is 5.82 Å². The number of benzene rings is 1.